The molecule has 3 atom stereocenters. The number of nitrogens with two attached hydrogens (primary N) is 1. The van der Waals surface area contributed by atoms with E-state index in [1.54, 1.807) is 7.11 Å². The summed E-state index contributed by atoms with van der Waals surface area (Å²) in [6.45, 7) is 0. The Labute approximate surface area is 169 Å². The van der Waals surface area contributed by atoms with Gasteiger partial charge < -0.3 is 25.3 Å². The average Bonchev–Trinajstić information content (AvgIpc) is 3.32. The number of fused-ring (bicyclic) bond motifs is 2. The van der Waals surface area contributed by atoms with Gasteiger partial charge in [-0.25, -0.2) is 4.99 Å². The van der Waals surface area contributed by atoms with Gasteiger partial charge in [0.1, 0.15) is 11.6 Å². The number of benzene rings is 1. The third kappa shape index (κ3) is 2.05. The third-order valence-corrected chi connectivity index (χ3v) is 6.51. The van der Waals surface area contributed by atoms with Gasteiger partial charge in [-0.15, -0.1) is 0 Å². The molecular weight excluding hydrogens is 370 g/mol. The first-order valence-electron chi connectivity index (χ1n) is 9.41. The van der Waals surface area contributed by atoms with Crippen LogP contribution in [0.2, 0.25) is 0 Å². The normalized spacial score (nSPS) is 31.8. The van der Waals surface area contributed by atoms with Crippen LogP contribution >= 0.6 is 0 Å². The molecule has 4 rings (SSSR count). The van der Waals surface area contributed by atoms with Gasteiger partial charge in [0.15, 0.2) is 10.8 Å². The Morgan fingerprint density at radius 3 is 2.34 bits per heavy atom. The molecular formula is C21H23N5O3. The van der Waals surface area contributed by atoms with Gasteiger partial charge in [0.2, 0.25) is 0 Å². The van der Waals surface area contributed by atoms with Crippen molar-refractivity contribution in [3.8, 4) is 17.9 Å². The number of nitrogens with one attached hydrogen (secondary N) is 1. The van der Waals surface area contributed by atoms with Crippen molar-refractivity contribution >= 4 is 5.84 Å². The van der Waals surface area contributed by atoms with Gasteiger partial charge in [0.25, 0.3) is 5.91 Å². The summed E-state index contributed by atoms with van der Waals surface area (Å²) in [6.07, 6.45) is 2.28. The first kappa shape index (κ1) is 19.3. The minimum atomic E-state index is -1.70. The summed E-state index contributed by atoms with van der Waals surface area (Å²) in [5.41, 5.74) is 5.92. The van der Waals surface area contributed by atoms with Gasteiger partial charge >= 0.3 is 0 Å². The van der Waals surface area contributed by atoms with Crippen LogP contribution in [0.25, 0.3) is 0 Å². The highest BCUT2D eigenvalue weighted by Gasteiger charge is 2.79. The molecule has 2 heterocycles. The van der Waals surface area contributed by atoms with Crippen molar-refractivity contribution in [1.29, 1.82) is 10.5 Å². The van der Waals surface area contributed by atoms with Crippen molar-refractivity contribution in [3.05, 3.63) is 41.1 Å². The predicted molar refractivity (Wildman–Crippen MR) is 104 cm³/mol. The lowest BCUT2D eigenvalue weighted by Crippen LogP contribution is -2.63. The van der Waals surface area contributed by atoms with E-state index in [1.807, 2.05) is 24.3 Å². The molecule has 0 radical (unpaired) electrons. The highest BCUT2D eigenvalue weighted by molar-refractivity contribution is 5.96. The van der Waals surface area contributed by atoms with Crippen molar-refractivity contribution in [1.82, 2.24) is 5.32 Å². The number of nitrogens with zero attached hydrogens (tertiary/aromatic N) is 3. The summed E-state index contributed by atoms with van der Waals surface area (Å²) in [5.74, 6) is -0.977. The summed E-state index contributed by atoms with van der Waals surface area (Å²) in [6, 6.07) is 11.5. The van der Waals surface area contributed by atoms with Crippen LogP contribution in [0, 0.1) is 33.5 Å². The summed E-state index contributed by atoms with van der Waals surface area (Å²) in [5, 5.41) is 24.6. The van der Waals surface area contributed by atoms with Crippen molar-refractivity contribution in [3.63, 3.8) is 0 Å². The average molecular weight is 393 g/mol. The maximum atomic E-state index is 10.6. The molecule has 0 saturated carbocycles. The zero-order valence-corrected chi connectivity index (χ0v) is 16.7. The minimum absolute atomic E-state index is 0.0250. The van der Waals surface area contributed by atoms with Crippen LogP contribution in [0.1, 0.15) is 30.9 Å². The van der Waals surface area contributed by atoms with E-state index in [1.165, 1.54) is 14.2 Å². The molecule has 0 bridgehead atoms. The number of aliphatic imine (C=N–C) groups is 1. The van der Waals surface area contributed by atoms with Crippen LogP contribution in [0.15, 0.2) is 40.5 Å². The molecule has 1 aliphatic carbocycles. The Bertz CT molecular complexity index is 983. The molecule has 0 unspecified atom stereocenters. The maximum Gasteiger partial charge on any atom is 0.296 e. The Kier molecular flexibility index (Phi) is 4.30. The van der Waals surface area contributed by atoms with E-state index in [4.69, 9.17) is 19.9 Å². The van der Waals surface area contributed by atoms with Crippen molar-refractivity contribution in [2.45, 2.75) is 31.2 Å². The van der Waals surface area contributed by atoms with Crippen molar-refractivity contribution in [2.24, 2.45) is 21.6 Å². The molecule has 29 heavy (non-hydrogen) atoms. The van der Waals surface area contributed by atoms with Gasteiger partial charge in [0, 0.05) is 19.9 Å². The molecule has 1 aromatic carbocycles. The Morgan fingerprint density at radius 1 is 1.10 bits per heavy atom. The van der Waals surface area contributed by atoms with Crippen LogP contribution in [-0.4, -0.2) is 33.1 Å². The number of rotatable bonds is 4. The lowest BCUT2D eigenvalue weighted by molar-refractivity contribution is -0.253. The monoisotopic (exact) mass is 393 g/mol. The van der Waals surface area contributed by atoms with Gasteiger partial charge in [-0.2, -0.15) is 10.5 Å². The summed E-state index contributed by atoms with van der Waals surface area (Å²) in [4.78, 5) is 4.46. The van der Waals surface area contributed by atoms with E-state index in [0.29, 0.717) is 12.2 Å². The highest BCUT2D eigenvalue weighted by Crippen LogP contribution is 2.67. The van der Waals surface area contributed by atoms with Crippen molar-refractivity contribution < 1.29 is 14.2 Å². The fourth-order valence-electron chi connectivity index (χ4n) is 5.21. The summed E-state index contributed by atoms with van der Waals surface area (Å²) >= 11 is 0. The molecule has 0 spiro atoms. The van der Waals surface area contributed by atoms with Crippen LogP contribution < -0.4 is 15.8 Å². The number of amidine groups is 1. The van der Waals surface area contributed by atoms with Gasteiger partial charge in [-0.1, -0.05) is 12.1 Å². The number of methoxy groups -OCH3 is 3. The molecule has 0 fully saturated rings. The Hall–Kier alpha value is -3.07. The number of nitriles is 2. The lowest BCUT2D eigenvalue weighted by atomic mass is 9.53. The predicted octanol–water partition coefficient (Wildman–Crippen LogP) is 2.11. The first-order valence-corrected chi connectivity index (χ1v) is 9.41. The zero-order chi connectivity index (χ0) is 20.9. The van der Waals surface area contributed by atoms with Gasteiger partial charge in [-0.3, -0.25) is 0 Å². The highest BCUT2D eigenvalue weighted by atomic mass is 16.7. The zero-order valence-electron chi connectivity index (χ0n) is 16.7. The molecule has 8 nitrogen and oxygen atoms in total. The van der Waals surface area contributed by atoms with E-state index < -0.39 is 22.8 Å². The summed E-state index contributed by atoms with van der Waals surface area (Å²) in [7, 11) is 4.44. The molecule has 3 N–H and O–H groups in total. The molecule has 0 amide bonds. The minimum Gasteiger partial charge on any atom is -0.497 e. The largest absolute Gasteiger partial charge is 0.497 e. The SMILES string of the molecule is COc1ccc([C@@H]2NC3=C(CCC3)[C@]3(C#N)C(OC)(OC)N=C(N)[C@@]23C#N)cc1. The van der Waals surface area contributed by atoms with Crippen LogP contribution in [-0.2, 0) is 9.47 Å². The van der Waals surface area contributed by atoms with Crippen LogP contribution in [0.5, 0.6) is 5.75 Å². The van der Waals surface area contributed by atoms with Gasteiger partial charge in [0.05, 0.1) is 25.3 Å². The van der Waals surface area contributed by atoms with Crippen LogP contribution in [0.3, 0.4) is 0 Å². The molecule has 3 aliphatic rings. The third-order valence-electron chi connectivity index (χ3n) is 6.51. The standard InChI is InChI=1S/C21H23N5O3/c1-27-14-9-7-13(8-10-14)17-19(11-22)18(24)26-21(28-2,29-3)20(19,12-23)15-5-4-6-16(15)25-17/h7-10,17,25H,4-6H2,1-3H3,(H2,24,26)/t17-,19+,20-/m0/s1. The number of allylic oxidation sites excluding steroid dienone is 1. The van der Waals surface area contributed by atoms with E-state index >= 15 is 0 Å². The number of hydrogen-bond acceptors (Lipinski definition) is 8. The smallest absolute Gasteiger partial charge is 0.296 e. The quantitative estimate of drug-likeness (QED) is 0.750. The van der Waals surface area contributed by atoms with E-state index in [-0.39, 0.29) is 5.84 Å². The van der Waals surface area contributed by atoms with Gasteiger partial charge in [-0.05, 0) is 42.5 Å². The Balaban J connectivity index is 2.04. The molecule has 0 aromatic heterocycles. The molecule has 150 valence electrons. The second kappa shape index (κ2) is 6.48. The second-order valence-corrected chi connectivity index (χ2v) is 7.43. The molecule has 2 aliphatic heterocycles. The van der Waals surface area contributed by atoms with Crippen molar-refractivity contribution in [2.75, 3.05) is 21.3 Å². The Morgan fingerprint density at radius 2 is 1.79 bits per heavy atom. The van der Waals surface area contributed by atoms with E-state index in [2.05, 4.69) is 22.4 Å². The van der Waals surface area contributed by atoms with Crippen LogP contribution in [0.4, 0.5) is 0 Å². The fourth-order valence-corrected chi connectivity index (χ4v) is 5.21. The topological polar surface area (TPSA) is 126 Å². The maximum absolute atomic E-state index is 10.6. The molecule has 8 heteroatoms. The molecule has 1 aromatic rings. The van der Waals surface area contributed by atoms with E-state index in [9.17, 15) is 10.5 Å². The summed E-state index contributed by atoms with van der Waals surface area (Å²) < 4.78 is 16.6. The number of hydrogen-bond donors (Lipinski definition) is 2. The second-order valence-electron chi connectivity index (χ2n) is 7.43. The molecule has 0 saturated heterocycles. The van der Waals surface area contributed by atoms with E-state index in [0.717, 1.165) is 29.7 Å². The lowest BCUT2D eigenvalue weighted by Gasteiger charge is -2.51. The number of ether oxygens (including phenoxy) is 3. The first-order chi connectivity index (χ1) is 14.0. The fraction of sp³-hybridized carbons (Fsp3) is 0.476.